The standard InChI is InChI=1S/C32H44N2O/c1-3-4-5-6-7-8-9-11-16-28-20-22-31(23-21-28)32-33-24-30(25-34-32)19-14-15-27(2)35-26-29-17-12-10-13-18-29/h10,12-13,17-18,20-25,27H,3-9,11,14-16,19,26H2,1-2H3. The van der Waals surface area contributed by atoms with Crippen LogP contribution in [0, 0.1) is 0 Å². The smallest absolute Gasteiger partial charge is 0.159 e. The molecule has 2 aromatic carbocycles. The predicted molar refractivity (Wildman–Crippen MR) is 147 cm³/mol. The molecule has 35 heavy (non-hydrogen) atoms. The minimum Gasteiger partial charge on any atom is -0.374 e. The molecule has 3 aromatic rings. The molecule has 0 N–H and O–H groups in total. The number of hydrogen-bond donors (Lipinski definition) is 0. The van der Waals surface area contributed by atoms with Crippen LogP contribution in [0.15, 0.2) is 67.0 Å². The first-order valence-corrected chi connectivity index (χ1v) is 13.8. The number of unbranched alkanes of at least 4 members (excludes halogenated alkanes) is 7. The minimum absolute atomic E-state index is 0.250. The Morgan fingerprint density at radius 2 is 1.29 bits per heavy atom. The molecule has 0 aliphatic rings. The Morgan fingerprint density at radius 1 is 0.657 bits per heavy atom. The summed E-state index contributed by atoms with van der Waals surface area (Å²) in [5.74, 6) is 0.812. The summed E-state index contributed by atoms with van der Waals surface area (Å²) in [6.07, 6.45) is 19.4. The maximum Gasteiger partial charge on any atom is 0.159 e. The second kappa shape index (κ2) is 16.2. The molecule has 1 atom stereocenters. The number of nitrogens with zero attached hydrogens (tertiary/aromatic N) is 2. The third kappa shape index (κ3) is 10.7. The van der Waals surface area contributed by atoms with Crippen molar-refractivity contribution in [3.63, 3.8) is 0 Å². The van der Waals surface area contributed by atoms with Gasteiger partial charge in [-0.2, -0.15) is 0 Å². The molecule has 0 amide bonds. The maximum atomic E-state index is 5.98. The molecule has 0 bridgehead atoms. The van der Waals surface area contributed by atoms with Crippen LogP contribution in [0.4, 0.5) is 0 Å². The van der Waals surface area contributed by atoms with Crippen molar-refractivity contribution >= 4 is 0 Å². The molecule has 0 aliphatic heterocycles. The highest BCUT2D eigenvalue weighted by molar-refractivity contribution is 5.55. The van der Waals surface area contributed by atoms with Crippen LogP contribution in [-0.2, 0) is 24.2 Å². The minimum atomic E-state index is 0.250. The van der Waals surface area contributed by atoms with Gasteiger partial charge in [0.25, 0.3) is 0 Å². The van der Waals surface area contributed by atoms with Crippen LogP contribution >= 0.6 is 0 Å². The zero-order valence-electron chi connectivity index (χ0n) is 21.9. The van der Waals surface area contributed by atoms with E-state index < -0.39 is 0 Å². The Kier molecular flexibility index (Phi) is 12.5. The van der Waals surface area contributed by atoms with Crippen molar-refractivity contribution in [1.82, 2.24) is 9.97 Å². The van der Waals surface area contributed by atoms with Crippen molar-refractivity contribution in [3.8, 4) is 11.4 Å². The van der Waals surface area contributed by atoms with Gasteiger partial charge in [0.2, 0.25) is 0 Å². The number of rotatable bonds is 17. The van der Waals surface area contributed by atoms with Crippen molar-refractivity contribution < 1.29 is 4.74 Å². The fraction of sp³-hybridized carbons (Fsp3) is 0.500. The first kappa shape index (κ1) is 27.1. The lowest BCUT2D eigenvalue weighted by Crippen LogP contribution is -2.08. The first-order chi connectivity index (χ1) is 17.2. The lowest BCUT2D eigenvalue weighted by atomic mass is 10.0. The van der Waals surface area contributed by atoms with Crippen molar-refractivity contribution in [2.24, 2.45) is 0 Å². The Morgan fingerprint density at radius 3 is 1.97 bits per heavy atom. The largest absolute Gasteiger partial charge is 0.374 e. The molecule has 3 heteroatoms. The maximum absolute atomic E-state index is 5.98. The summed E-state index contributed by atoms with van der Waals surface area (Å²) in [4.78, 5) is 9.25. The second-order valence-electron chi connectivity index (χ2n) is 9.84. The average molecular weight is 473 g/mol. The van der Waals surface area contributed by atoms with Crippen LogP contribution in [0.25, 0.3) is 11.4 Å². The normalized spacial score (nSPS) is 12.1. The number of aryl methyl sites for hydroxylation is 2. The van der Waals surface area contributed by atoms with Gasteiger partial charge in [-0.25, -0.2) is 9.97 Å². The van der Waals surface area contributed by atoms with Gasteiger partial charge in [0.15, 0.2) is 5.82 Å². The Labute approximate surface area is 213 Å². The summed E-state index contributed by atoms with van der Waals surface area (Å²) < 4.78 is 5.98. The van der Waals surface area contributed by atoms with E-state index in [-0.39, 0.29) is 6.10 Å². The van der Waals surface area contributed by atoms with Gasteiger partial charge in [0.1, 0.15) is 0 Å². The quantitative estimate of drug-likeness (QED) is 0.184. The van der Waals surface area contributed by atoms with E-state index in [0.29, 0.717) is 6.61 Å². The van der Waals surface area contributed by atoms with Crippen LogP contribution in [0.2, 0.25) is 0 Å². The van der Waals surface area contributed by atoms with Crippen molar-refractivity contribution in [2.75, 3.05) is 0 Å². The number of aromatic nitrogens is 2. The van der Waals surface area contributed by atoms with Crippen LogP contribution in [0.3, 0.4) is 0 Å². The molecule has 3 rings (SSSR count). The molecular formula is C32H44N2O. The van der Waals surface area contributed by atoms with E-state index in [0.717, 1.165) is 30.7 Å². The zero-order chi connectivity index (χ0) is 24.6. The van der Waals surface area contributed by atoms with E-state index in [1.165, 1.54) is 74.5 Å². The SMILES string of the molecule is CCCCCCCCCCc1ccc(-c2ncc(CCCC(C)OCc3ccccc3)cn2)cc1. The summed E-state index contributed by atoms with van der Waals surface area (Å²) >= 11 is 0. The van der Waals surface area contributed by atoms with Gasteiger partial charge in [-0.05, 0) is 55.7 Å². The second-order valence-corrected chi connectivity index (χ2v) is 9.84. The Hall–Kier alpha value is -2.52. The molecule has 0 spiro atoms. The van der Waals surface area contributed by atoms with E-state index in [9.17, 15) is 0 Å². The van der Waals surface area contributed by atoms with E-state index in [2.05, 4.69) is 72.3 Å². The first-order valence-electron chi connectivity index (χ1n) is 13.8. The Balaban J connectivity index is 1.32. The Bertz CT molecular complexity index is 922. The van der Waals surface area contributed by atoms with Crippen molar-refractivity contribution in [1.29, 1.82) is 0 Å². The van der Waals surface area contributed by atoms with Gasteiger partial charge in [-0.3, -0.25) is 0 Å². The molecule has 1 heterocycles. The highest BCUT2D eigenvalue weighted by atomic mass is 16.5. The highest BCUT2D eigenvalue weighted by Gasteiger charge is 2.06. The molecular weight excluding hydrogens is 428 g/mol. The van der Waals surface area contributed by atoms with E-state index in [4.69, 9.17) is 4.74 Å². The predicted octanol–water partition coefficient (Wildman–Crippen LogP) is 8.75. The molecule has 0 aliphatic carbocycles. The molecule has 0 fully saturated rings. The third-order valence-electron chi connectivity index (χ3n) is 6.69. The zero-order valence-corrected chi connectivity index (χ0v) is 21.9. The fourth-order valence-corrected chi connectivity index (χ4v) is 4.41. The van der Waals surface area contributed by atoms with E-state index >= 15 is 0 Å². The van der Waals surface area contributed by atoms with E-state index in [1.54, 1.807) is 0 Å². The summed E-state index contributed by atoms with van der Waals surface area (Å²) in [6, 6.07) is 19.2. The lowest BCUT2D eigenvalue weighted by molar-refractivity contribution is 0.0464. The summed E-state index contributed by atoms with van der Waals surface area (Å²) in [5.41, 5.74) is 4.93. The van der Waals surface area contributed by atoms with Crippen LogP contribution < -0.4 is 0 Å². The van der Waals surface area contributed by atoms with Gasteiger partial charge in [-0.1, -0.05) is 106 Å². The highest BCUT2D eigenvalue weighted by Crippen LogP contribution is 2.18. The van der Waals surface area contributed by atoms with Crippen molar-refractivity contribution in [2.45, 2.75) is 104 Å². The van der Waals surface area contributed by atoms with Crippen LogP contribution in [0.5, 0.6) is 0 Å². The van der Waals surface area contributed by atoms with Gasteiger partial charge in [-0.15, -0.1) is 0 Å². The number of benzene rings is 2. The monoisotopic (exact) mass is 472 g/mol. The molecule has 0 saturated carbocycles. The molecule has 1 aromatic heterocycles. The number of ether oxygens (including phenoxy) is 1. The van der Waals surface area contributed by atoms with Crippen molar-refractivity contribution in [3.05, 3.63) is 83.7 Å². The van der Waals surface area contributed by atoms with E-state index in [1.807, 2.05) is 18.5 Å². The summed E-state index contributed by atoms with van der Waals surface area (Å²) in [5, 5.41) is 0. The number of hydrogen-bond acceptors (Lipinski definition) is 3. The third-order valence-corrected chi connectivity index (χ3v) is 6.69. The van der Waals surface area contributed by atoms with Crippen LogP contribution in [0.1, 0.15) is 94.7 Å². The van der Waals surface area contributed by atoms with Gasteiger partial charge in [0.05, 0.1) is 12.7 Å². The average Bonchev–Trinajstić information content (AvgIpc) is 2.90. The topological polar surface area (TPSA) is 35.0 Å². The molecule has 0 saturated heterocycles. The van der Waals surface area contributed by atoms with Crippen LogP contribution in [-0.4, -0.2) is 16.1 Å². The van der Waals surface area contributed by atoms with Gasteiger partial charge in [0, 0.05) is 18.0 Å². The van der Waals surface area contributed by atoms with Gasteiger partial charge >= 0.3 is 0 Å². The molecule has 1 unspecified atom stereocenters. The fourth-order valence-electron chi connectivity index (χ4n) is 4.41. The molecule has 188 valence electrons. The lowest BCUT2D eigenvalue weighted by Gasteiger charge is -2.13. The summed E-state index contributed by atoms with van der Waals surface area (Å²) in [7, 11) is 0. The molecule has 3 nitrogen and oxygen atoms in total. The summed E-state index contributed by atoms with van der Waals surface area (Å²) in [6.45, 7) is 5.11. The molecule has 0 radical (unpaired) electrons. The van der Waals surface area contributed by atoms with Gasteiger partial charge < -0.3 is 4.74 Å².